The number of aromatic nitrogens is 3. The predicted octanol–water partition coefficient (Wildman–Crippen LogP) is 2.53. The van der Waals surface area contributed by atoms with Crippen molar-refractivity contribution in [3.63, 3.8) is 0 Å². The molecular formula is C15H18ClN5O. The van der Waals surface area contributed by atoms with Crippen LogP contribution in [0.15, 0.2) is 30.7 Å². The minimum atomic E-state index is 0.0321. The van der Waals surface area contributed by atoms with Gasteiger partial charge in [-0.1, -0.05) is 11.6 Å². The number of hydrogen-bond donors (Lipinski definition) is 1. The monoisotopic (exact) mass is 319 g/mol. The lowest BCUT2D eigenvalue weighted by Gasteiger charge is -2.28. The molecular weight excluding hydrogens is 302 g/mol. The lowest BCUT2D eigenvalue weighted by atomic mass is 10.2. The molecule has 1 N–H and O–H groups in total. The summed E-state index contributed by atoms with van der Waals surface area (Å²) in [5, 5.41) is 3.97. The second kappa shape index (κ2) is 6.89. The molecule has 116 valence electrons. The van der Waals surface area contributed by atoms with E-state index in [1.165, 1.54) is 0 Å². The first-order valence-corrected chi connectivity index (χ1v) is 7.63. The van der Waals surface area contributed by atoms with Crippen LogP contribution in [0.1, 0.15) is 18.7 Å². The molecule has 6 nitrogen and oxygen atoms in total. The molecule has 0 radical (unpaired) electrons. The van der Waals surface area contributed by atoms with Gasteiger partial charge in [-0.15, -0.1) is 0 Å². The molecule has 3 rings (SSSR count). The Balaban J connectivity index is 1.70. The van der Waals surface area contributed by atoms with Gasteiger partial charge in [-0.05, 0) is 19.1 Å². The molecule has 2 aromatic heterocycles. The van der Waals surface area contributed by atoms with E-state index < -0.39 is 0 Å². The van der Waals surface area contributed by atoms with Gasteiger partial charge in [-0.2, -0.15) is 0 Å². The summed E-state index contributed by atoms with van der Waals surface area (Å²) in [6, 6.07) is 5.73. The van der Waals surface area contributed by atoms with Crippen molar-refractivity contribution < 1.29 is 4.74 Å². The number of nitrogens with zero attached hydrogens (tertiary/aromatic N) is 4. The Morgan fingerprint density at radius 1 is 1.23 bits per heavy atom. The average molecular weight is 320 g/mol. The number of halogens is 1. The van der Waals surface area contributed by atoms with Crippen molar-refractivity contribution in [3.8, 4) is 0 Å². The molecule has 7 heteroatoms. The molecule has 1 aliphatic heterocycles. The summed E-state index contributed by atoms with van der Waals surface area (Å²) in [5.74, 6) is 1.69. The van der Waals surface area contributed by atoms with Crippen LogP contribution in [0.4, 0.5) is 11.6 Å². The van der Waals surface area contributed by atoms with Gasteiger partial charge >= 0.3 is 0 Å². The van der Waals surface area contributed by atoms with Crippen LogP contribution in [0.5, 0.6) is 0 Å². The van der Waals surface area contributed by atoms with Crippen LogP contribution in [-0.4, -0.2) is 41.3 Å². The van der Waals surface area contributed by atoms with E-state index in [1.807, 2.05) is 25.1 Å². The third-order valence-corrected chi connectivity index (χ3v) is 3.77. The van der Waals surface area contributed by atoms with E-state index >= 15 is 0 Å². The minimum Gasteiger partial charge on any atom is -0.378 e. The van der Waals surface area contributed by atoms with Crippen molar-refractivity contribution >= 4 is 23.2 Å². The molecule has 2 aromatic rings. The second-order valence-electron chi connectivity index (χ2n) is 5.13. The Labute approximate surface area is 134 Å². The number of hydrogen-bond acceptors (Lipinski definition) is 6. The van der Waals surface area contributed by atoms with E-state index in [2.05, 4.69) is 25.2 Å². The summed E-state index contributed by atoms with van der Waals surface area (Å²) in [6.07, 6.45) is 3.23. The van der Waals surface area contributed by atoms with Crippen LogP contribution < -0.4 is 10.2 Å². The highest BCUT2D eigenvalue weighted by molar-refractivity contribution is 6.30. The van der Waals surface area contributed by atoms with Gasteiger partial charge in [-0.25, -0.2) is 9.97 Å². The number of pyridine rings is 1. The van der Waals surface area contributed by atoms with Crippen LogP contribution in [-0.2, 0) is 4.74 Å². The van der Waals surface area contributed by atoms with Crippen molar-refractivity contribution in [2.24, 2.45) is 0 Å². The molecule has 0 aromatic carbocycles. The van der Waals surface area contributed by atoms with E-state index in [4.69, 9.17) is 16.3 Å². The van der Waals surface area contributed by atoms with Gasteiger partial charge in [0.1, 0.15) is 18.0 Å². The molecule has 22 heavy (non-hydrogen) atoms. The van der Waals surface area contributed by atoms with E-state index in [0.29, 0.717) is 5.02 Å². The average Bonchev–Trinajstić information content (AvgIpc) is 2.56. The van der Waals surface area contributed by atoms with Crippen molar-refractivity contribution in [1.29, 1.82) is 0 Å². The quantitative estimate of drug-likeness (QED) is 0.934. The fourth-order valence-electron chi connectivity index (χ4n) is 2.33. The topological polar surface area (TPSA) is 63.2 Å². The summed E-state index contributed by atoms with van der Waals surface area (Å²) in [7, 11) is 0. The summed E-state index contributed by atoms with van der Waals surface area (Å²) >= 11 is 5.86. The first-order valence-electron chi connectivity index (χ1n) is 7.25. The highest BCUT2D eigenvalue weighted by Crippen LogP contribution is 2.20. The zero-order valence-corrected chi connectivity index (χ0v) is 13.1. The molecule has 0 aliphatic carbocycles. The van der Waals surface area contributed by atoms with Gasteiger partial charge in [0.25, 0.3) is 0 Å². The Kier molecular flexibility index (Phi) is 4.70. The van der Waals surface area contributed by atoms with E-state index in [0.717, 1.165) is 43.6 Å². The van der Waals surface area contributed by atoms with Crippen molar-refractivity contribution in [1.82, 2.24) is 15.0 Å². The molecule has 1 aliphatic rings. The minimum absolute atomic E-state index is 0.0321. The Hall–Kier alpha value is -1.92. The molecule has 0 unspecified atom stereocenters. The maximum Gasteiger partial charge on any atom is 0.134 e. The highest BCUT2D eigenvalue weighted by Gasteiger charge is 2.14. The number of nitrogens with one attached hydrogen (secondary N) is 1. The highest BCUT2D eigenvalue weighted by atomic mass is 35.5. The SMILES string of the molecule is C[C@H](Nc1cc(N2CCOCC2)ncn1)c1ccc(Cl)cn1. The standard InChI is InChI=1S/C15H18ClN5O/c1-11(13-3-2-12(16)9-17-13)20-14-8-15(19-10-18-14)21-4-6-22-7-5-21/h2-3,8-11H,4-7H2,1H3,(H,18,19,20)/t11-/m0/s1. The van der Waals surface area contributed by atoms with Gasteiger partial charge in [0.2, 0.25) is 0 Å². The van der Waals surface area contributed by atoms with Gasteiger partial charge in [-0.3, -0.25) is 4.98 Å². The zero-order valence-electron chi connectivity index (χ0n) is 12.4. The van der Waals surface area contributed by atoms with Gasteiger partial charge in [0.05, 0.1) is 30.0 Å². The second-order valence-corrected chi connectivity index (χ2v) is 5.56. The van der Waals surface area contributed by atoms with Crippen molar-refractivity contribution in [2.45, 2.75) is 13.0 Å². The molecule has 0 spiro atoms. The summed E-state index contributed by atoms with van der Waals surface area (Å²) in [5.41, 5.74) is 0.913. The first-order chi connectivity index (χ1) is 10.7. The molecule has 1 saturated heterocycles. The molecule has 1 atom stereocenters. The lowest BCUT2D eigenvalue weighted by Crippen LogP contribution is -2.36. The molecule has 0 bridgehead atoms. The first kappa shape index (κ1) is 15.0. The van der Waals surface area contributed by atoms with Crippen LogP contribution in [0, 0.1) is 0 Å². The van der Waals surface area contributed by atoms with E-state index in [1.54, 1.807) is 12.5 Å². The zero-order chi connectivity index (χ0) is 15.4. The molecule has 1 fully saturated rings. The maximum absolute atomic E-state index is 5.86. The van der Waals surface area contributed by atoms with Crippen LogP contribution in [0.25, 0.3) is 0 Å². The summed E-state index contributed by atoms with van der Waals surface area (Å²) in [6.45, 7) is 5.21. The predicted molar refractivity (Wildman–Crippen MR) is 86.3 cm³/mol. The third-order valence-electron chi connectivity index (χ3n) is 3.55. The van der Waals surface area contributed by atoms with Crippen molar-refractivity contribution in [2.75, 3.05) is 36.5 Å². The molecule has 0 saturated carbocycles. The Morgan fingerprint density at radius 3 is 2.77 bits per heavy atom. The number of rotatable bonds is 4. The van der Waals surface area contributed by atoms with Crippen molar-refractivity contribution in [3.05, 3.63) is 41.4 Å². The Morgan fingerprint density at radius 2 is 2.05 bits per heavy atom. The van der Waals surface area contributed by atoms with Gasteiger partial charge in [0.15, 0.2) is 0 Å². The fraction of sp³-hybridized carbons (Fsp3) is 0.400. The van der Waals surface area contributed by atoms with Crippen LogP contribution in [0.3, 0.4) is 0 Å². The number of ether oxygens (including phenoxy) is 1. The lowest BCUT2D eigenvalue weighted by molar-refractivity contribution is 0.122. The number of morpholine rings is 1. The number of anilines is 2. The molecule has 3 heterocycles. The third kappa shape index (κ3) is 3.64. The van der Waals surface area contributed by atoms with E-state index in [9.17, 15) is 0 Å². The fourth-order valence-corrected chi connectivity index (χ4v) is 2.44. The van der Waals surface area contributed by atoms with Crippen LogP contribution in [0.2, 0.25) is 5.02 Å². The largest absolute Gasteiger partial charge is 0.378 e. The summed E-state index contributed by atoms with van der Waals surface area (Å²) < 4.78 is 5.36. The maximum atomic E-state index is 5.86. The van der Waals surface area contributed by atoms with Crippen LogP contribution >= 0.6 is 11.6 Å². The van der Waals surface area contributed by atoms with Gasteiger partial charge in [0, 0.05) is 25.4 Å². The summed E-state index contributed by atoms with van der Waals surface area (Å²) in [4.78, 5) is 15.1. The Bertz CT molecular complexity index is 616. The van der Waals surface area contributed by atoms with E-state index in [-0.39, 0.29) is 6.04 Å². The molecule has 0 amide bonds. The normalized spacial score (nSPS) is 16.4. The van der Waals surface area contributed by atoms with Gasteiger partial charge < -0.3 is 15.0 Å². The smallest absolute Gasteiger partial charge is 0.134 e.